The SMILES string of the molecule is COC1=C/[C@@H](N2CCCC2)C#CC/C=C\1C(=O)[C@@H](C)c1ccc(OC)c(OC)c1. The van der Waals surface area contributed by atoms with Gasteiger partial charge in [-0.05, 0) is 49.7 Å². The highest BCUT2D eigenvalue weighted by Crippen LogP contribution is 2.33. The molecule has 0 amide bonds. The fourth-order valence-electron chi connectivity index (χ4n) is 3.82. The molecule has 1 aromatic rings. The molecule has 5 heteroatoms. The molecule has 0 N–H and O–H groups in total. The summed E-state index contributed by atoms with van der Waals surface area (Å²) in [5.74, 6) is 8.02. The zero-order valence-electron chi connectivity index (χ0n) is 17.7. The Morgan fingerprint density at radius 3 is 2.48 bits per heavy atom. The molecule has 3 rings (SSSR count). The maximum atomic E-state index is 13.4. The van der Waals surface area contributed by atoms with Gasteiger partial charge >= 0.3 is 0 Å². The number of ketones is 1. The highest BCUT2D eigenvalue weighted by molar-refractivity contribution is 6.03. The van der Waals surface area contributed by atoms with Crippen molar-refractivity contribution < 1.29 is 19.0 Å². The summed E-state index contributed by atoms with van der Waals surface area (Å²) in [6, 6.07) is 5.57. The summed E-state index contributed by atoms with van der Waals surface area (Å²) >= 11 is 0. The third kappa shape index (κ3) is 4.65. The molecule has 0 unspecified atom stereocenters. The Balaban J connectivity index is 1.88. The Morgan fingerprint density at radius 1 is 1.10 bits per heavy atom. The fraction of sp³-hybridized carbons (Fsp3) is 0.458. The van der Waals surface area contributed by atoms with E-state index in [-0.39, 0.29) is 17.7 Å². The van der Waals surface area contributed by atoms with Crippen LogP contribution in [0.15, 0.2) is 41.7 Å². The van der Waals surface area contributed by atoms with Crippen molar-refractivity contribution in [3.63, 3.8) is 0 Å². The lowest BCUT2D eigenvalue weighted by Gasteiger charge is -2.23. The Bertz CT molecular complexity index is 869. The Kier molecular flexibility index (Phi) is 7.00. The van der Waals surface area contributed by atoms with E-state index in [2.05, 4.69) is 16.7 Å². The van der Waals surface area contributed by atoms with E-state index in [0.29, 0.717) is 29.3 Å². The number of carbonyl (C=O) groups excluding carboxylic acids is 1. The molecule has 2 aliphatic rings. The van der Waals surface area contributed by atoms with Crippen LogP contribution >= 0.6 is 0 Å². The Labute approximate surface area is 173 Å². The van der Waals surface area contributed by atoms with Gasteiger partial charge in [0.05, 0.1) is 32.9 Å². The number of nitrogens with zero attached hydrogens (tertiary/aromatic N) is 1. The van der Waals surface area contributed by atoms with Gasteiger partial charge in [-0.3, -0.25) is 9.69 Å². The molecule has 154 valence electrons. The van der Waals surface area contributed by atoms with Gasteiger partial charge in [-0.1, -0.05) is 30.9 Å². The second kappa shape index (κ2) is 9.67. The van der Waals surface area contributed by atoms with Gasteiger partial charge in [-0.15, -0.1) is 0 Å². The van der Waals surface area contributed by atoms with E-state index in [1.807, 2.05) is 37.3 Å². The van der Waals surface area contributed by atoms with Crippen molar-refractivity contribution in [1.29, 1.82) is 0 Å². The largest absolute Gasteiger partial charge is 0.496 e. The first-order chi connectivity index (χ1) is 14.1. The highest BCUT2D eigenvalue weighted by Gasteiger charge is 2.26. The molecular weight excluding hydrogens is 366 g/mol. The van der Waals surface area contributed by atoms with Crippen molar-refractivity contribution in [3.8, 4) is 23.3 Å². The zero-order chi connectivity index (χ0) is 20.8. The minimum atomic E-state index is -0.350. The summed E-state index contributed by atoms with van der Waals surface area (Å²) < 4.78 is 16.3. The number of hydrogen-bond acceptors (Lipinski definition) is 5. The number of allylic oxidation sites excluding steroid dienone is 2. The molecule has 0 bridgehead atoms. The molecule has 1 heterocycles. The van der Waals surface area contributed by atoms with Crippen LogP contribution in [0.4, 0.5) is 0 Å². The summed E-state index contributed by atoms with van der Waals surface area (Å²) in [5, 5.41) is 0. The molecule has 0 radical (unpaired) electrons. The highest BCUT2D eigenvalue weighted by atomic mass is 16.5. The zero-order valence-corrected chi connectivity index (χ0v) is 17.7. The topological polar surface area (TPSA) is 48.0 Å². The summed E-state index contributed by atoms with van der Waals surface area (Å²) in [5.41, 5.74) is 1.46. The monoisotopic (exact) mass is 395 g/mol. The molecular formula is C24H29NO4. The number of hydrogen-bond donors (Lipinski definition) is 0. The second-order valence-corrected chi connectivity index (χ2v) is 7.27. The van der Waals surface area contributed by atoms with E-state index in [9.17, 15) is 4.79 Å². The predicted molar refractivity (Wildman–Crippen MR) is 113 cm³/mol. The molecule has 5 nitrogen and oxygen atoms in total. The van der Waals surface area contributed by atoms with Crippen LogP contribution in [0.2, 0.25) is 0 Å². The number of Topliss-reactive ketones (excluding diaryl/α,β-unsaturated/α-hetero) is 1. The standard InChI is InChI=1S/C24H29NO4/c1-17(18-11-12-21(27-2)23(15-18)29-4)24(26)20-10-6-5-9-19(16-22(20)28-3)25-13-7-8-14-25/h10-12,15-17,19H,6-8,13-14H2,1-4H3/b20-10+,22-16+/t17-,19-/m0/s1. The molecule has 1 fully saturated rings. The lowest BCUT2D eigenvalue weighted by Crippen LogP contribution is -2.31. The molecule has 2 atom stereocenters. The van der Waals surface area contributed by atoms with Crippen LogP contribution in [-0.4, -0.2) is 51.1 Å². The summed E-state index contributed by atoms with van der Waals surface area (Å²) in [6.07, 6.45) is 6.77. The Hall–Kier alpha value is -2.71. The molecule has 0 spiro atoms. The van der Waals surface area contributed by atoms with Crippen molar-refractivity contribution >= 4 is 5.78 Å². The van der Waals surface area contributed by atoms with Crippen LogP contribution in [0.1, 0.15) is 37.7 Å². The first-order valence-corrected chi connectivity index (χ1v) is 10.0. The van der Waals surface area contributed by atoms with Crippen molar-refractivity contribution in [2.24, 2.45) is 0 Å². The quantitative estimate of drug-likeness (QED) is 0.659. The fourth-order valence-corrected chi connectivity index (χ4v) is 3.82. The molecule has 1 aliphatic heterocycles. The summed E-state index contributed by atoms with van der Waals surface area (Å²) in [7, 11) is 4.80. The van der Waals surface area contributed by atoms with Gasteiger partial charge in [-0.2, -0.15) is 0 Å². The van der Waals surface area contributed by atoms with E-state index < -0.39 is 0 Å². The number of ether oxygens (including phenoxy) is 3. The average Bonchev–Trinajstić information content (AvgIpc) is 3.27. The van der Waals surface area contributed by atoms with Crippen molar-refractivity contribution in [3.05, 3.63) is 47.2 Å². The van der Waals surface area contributed by atoms with Crippen LogP contribution in [0.3, 0.4) is 0 Å². The van der Waals surface area contributed by atoms with E-state index in [1.54, 1.807) is 21.3 Å². The first kappa shape index (κ1) is 21.0. The lowest BCUT2D eigenvalue weighted by atomic mass is 9.89. The molecule has 0 aromatic heterocycles. The number of methoxy groups -OCH3 is 3. The van der Waals surface area contributed by atoms with Crippen molar-refractivity contribution in [2.45, 2.75) is 38.1 Å². The van der Waals surface area contributed by atoms with Gasteiger partial charge in [0.2, 0.25) is 0 Å². The van der Waals surface area contributed by atoms with Crippen LogP contribution in [-0.2, 0) is 9.53 Å². The van der Waals surface area contributed by atoms with E-state index in [0.717, 1.165) is 18.7 Å². The number of rotatable bonds is 7. The van der Waals surface area contributed by atoms with Gasteiger partial charge in [0.1, 0.15) is 5.76 Å². The number of carbonyl (C=O) groups is 1. The number of likely N-dealkylation sites (tertiary alicyclic amines) is 1. The van der Waals surface area contributed by atoms with Gasteiger partial charge in [0.15, 0.2) is 17.3 Å². The molecule has 1 aromatic carbocycles. The Morgan fingerprint density at radius 2 is 1.83 bits per heavy atom. The van der Waals surface area contributed by atoms with Gasteiger partial charge in [0.25, 0.3) is 0 Å². The van der Waals surface area contributed by atoms with Crippen LogP contribution in [0, 0.1) is 11.8 Å². The maximum Gasteiger partial charge on any atom is 0.173 e. The summed E-state index contributed by atoms with van der Waals surface area (Å²) in [4.78, 5) is 15.7. The first-order valence-electron chi connectivity index (χ1n) is 10.0. The van der Waals surface area contributed by atoms with E-state index in [1.165, 1.54) is 12.8 Å². The smallest absolute Gasteiger partial charge is 0.173 e. The summed E-state index contributed by atoms with van der Waals surface area (Å²) in [6.45, 7) is 3.96. The van der Waals surface area contributed by atoms with Crippen LogP contribution in [0.25, 0.3) is 0 Å². The van der Waals surface area contributed by atoms with Crippen molar-refractivity contribution in [2.75, 3.05) is 34.4 Å². The minimum absolute atomic E-state index is 0.00851. The van der Waals surface area contributed by atoms with Crippen LogP contribution < -0.4 is 9.47 Å². The third-order valence-corrected chi connectivity index (χ3v) is 5.55. The van der Waals surface area contributed by atoms with Gasteiger partial charge < -0.3 is 14.2 Å². The molecule has 1 saturated heterocycles. The average molecular weight is 395 g/mol. The normalized spacial score (nSPS) is 23.9. The predicted octanol–water partition coefficient (Wildman–Crippen LogP) is 3.70. The van der Waals surface area contributed by atoms with Crippen molar-refractivity contribution in [1.82, 2.24) is 4.90 Å². The van der Waals surface area contributed by atoms with E-state index in [4.69, 9.17) is 14.2 Å². The molecule has 0 saturated carbocycles. The maximum absolute atomic E-state index is 13.4. The number of benzene rings is 1. The molecule has 1 aliphatic carbocycles. The van der Waals surface area contributed by atoms with E-state index >= 15 is 0 Å². The molecule has 29 heavy (non-hydrogen) atoms. The lowest BCUT2D eigenvalue weighted by molar-refractivity contribution is -0.116. The van der Waals surface area contributed by atoms with Gasteiger partial charge in [0, 0.05) is 12.3 Å². The van der Waals surface area contributed by atoms with Crippen LogP contribution in [0.5, 0.6) is 11.5 Å². The minimum Gasteiger partial charge on any atom is -0.496 e. The second-order valence-electron chi connectivity index (χ2n) is 7.27. The third-order valence-electron chi connectivity index (χ3n) is 5.55. The van der Waals surface area contributed by atoms with Gasteiger partial charge in [-0.25, -0.2) is 0 Å².